The third-order valence-corrected chi connectivity index (χ3v) is 4.55. The number of hydrogen-bond acceptors (Lipinski definition) is 2. The third-order valence-electron chi connectivity index (χ3n) is 4.55. The van der Waals surface area contributed by atoms with Gasteiger partial charge in [0.15, 0.2) is 0 Å². The molecule has 21 heavy (non-hydrogen) atoms. The molecule has 0 spiro atoms. The van der Waals surface area contributed by atoms with Crippen LogP contribution in [0.2, 0.25) is 0 Å². The molecule has 0 radical (unpaired) electrons. The fourth-order valence-electron chi connectivity index (χ4n) is 3.35. The van der Waals surface area contributed by atoms with Gasteiger partial charge in [-0.1, -0.05) is 37.6 Å². The van der Waals surface area contributed by atoms with Crippen LogP contribution in [-0.2, 0) is 16.0 Å². The highest BCUT2D eigenvalue weighted by Crippen LogP contribution is 2.33. The summed E-state index contributed by atoms with van der Waals surface area (Å²) < 4.78 is 0. The van der Waals surface area contributed by atoms with E-state index in [1.165, 1.54) is 11.1 Å². The topological polar surface area (TPSA) is 40.6 Å². The molecule has 2 amide bonds. The van der Waals surface area contributed by atoms with Gasteiger partial charge in [0.1, 0.15) is 0 Å². The summed E-state index contributed by atoms with van der Waals surface area (Å²) in [6.07, 6.45) is 3.38. The van der Waals surface area contributed by atoms with Gasteiger partial charge in [-0.25, -0.2) is 0 Å². The van der Waals surface area contributed by atoms with Crippen LogP contribution in [0.4, 0.5) is 0 Å². The molecule has 2 aliphatic rings. The van der Waals surface area contributed by atoms with Crippen LogP contribution in [0.1, 0.15) is 43.4 Å². The first-order valence-corrected chi connectivity index (χ1v) is 7.85. The van der Waals surface area contributed by atoms with Crippen LogP contribution in [0.15, 0.2) is 24.3 Å². The minimum absolute atomic E-state index is 0.0433. The van der Waals surface area contributed by atoms with Gasteiger partial charge in [-0.3, -0.25) is 9.59 Å². The molecular formula is C17H22N2O2. The Morgan fingerprint density at radius 3 is 2.95 bits per heavy atom. The zero-order chi connectivity index (χ0) is 14.8. The van der Waals surface area contributed by atoms with Crippen LogP contribution in [0.25, 0.3) is 0 Å². The molecular weight excluding hydrogens is 264 g/mol. The molecule has 4 nitrogen and oxygen atoms in total. The number of amides is 2. The van der Waals surface area contributed by atoms with Crippen molar-refractivity contribution in [1.82, 2.24) is 9.80 Å². The summed E-state index contributed by atoms with van der Waals surface area (Å²) >= 11 is 0. The third kappa shape index (κ3) is 2.67. The highest BCUT2D eigenvalue weighted by atomic mass is 16.2. The van der Waals surface area contributed by atoms with E-state index < -0.39 is 0 Å². The Labute approximate surface area is 125 Å². The van der Waals surface area contributed by atoms with Gasteiger partial charge < -0.3 is 9.80 Å². The maximum absolute atomic E-state index is 12.4. The van der Waals surface area contributed by atoms with Crippen molar-refractivity contribution < 1.29 is 9.59 Å². The summed E-state index contributed by atoms with van der Waals surface area (Å²) in [6, 6.07) is 8.34. The van der Waals surface area contributed by atoms with Crippen LogP contribution in [0, 0.1) is 0 Å². The van der Waals surface area contributed by atoms with Gasteiger partial charge in [0.05, 0.1) is 12.6 Å². The number of carbonyl (C=O) groups excluding carboxylic acids is 2. The molecule has 1 saturated heterocycles. The van der Waals surface area contributed by atoms with Gasteiger partial charge in [-0.15, -0.1) is 0 Å². The first-order valence-electron chi connectivity index (χ1n) is 7.85. The lowest BCUT2D eigenvalue weighted by Crippen LogP contribution is -2.55. The quantitative estimate of drug-likeness (QED) is 0.854. The van der Waals surface area contributed by atoms with E-state index in [4.69, 9.17) is 0 Å². The largest absolute Gasteiger partial charge is 0.332 e. The average Bonchev–Trinajstić information content (AvgIpc) is 2.52. The van der Waals surface area contributed by atoms with Crippen molar-refractivity contribution in [3.63, 3.8) is 0 Å². The van der Waals surface area contributed by atoms with Gasteiger partial charge in [0.25, 0.3) is 0 Å². The molecule has 2 heterocycles. The number of fused-ring (bicyclic) bond motifs is 3. The van der Waals surface area contributed by atoms with E-state index in [0.717, 1.165) is 25.8 Å². The van der Waals surface area contributed by atoms with Gasteiger partial charge >= 0.3 is 0 Å². The molecule has 1 unspecified atom stereocenters. The van der Waals surface area contributed by atoms with Crippen molar-refractivity contribution >= 4 is 11.8 Å². The fourth-order valence-corrected chi connectivity index (χ4v) is 3.35. The molecule has 0 saturated carbocycles. The Balaban J connectivity index is 1.81. The number of piperazine rings is 1. The van der Waals surface area contributed by atoms with E-state index in [9.17, 15) is 9.59 Å². The lowest BCUT2D eigenvalue weighted by molar-refractivity contribution is -0.149. The van der Waals surface area contributed by atoms with E-state index in [1.807, 2.05) is 17.0 Å². The van der Waals surface area contributed by atoms with Crippen molar-refractivity contribution in [2.75, 3.05) is 19.6 Å². The van der Waals surface area contributed by atoms with Crippen LogP contribution < -0.4 is 0 Å². The standard InChI is InChI=1S/C17H22N2O2/c1-2-3-8-16(20)18-11-15-14-7-5-4-6-13(14)9-10-19(15)17(21)12-18/h4-7,15H,2-3,8-12H2,1H3. The summed E-state index contributed by atoms with van der Waals surface area (Å²) in [6.45, 7) is 3.75. The molecule has 1 atom stereocenters. The SMILES string of the molecule is CCCCC(=O)N1CC(=O)N2CCc3ccccc3C2C1. The zero-order valence-electron chi connectivity index (χ0n) is 12.5. The number of carbonyl (C=O) groups is 2. The smallest absolute Gasteiger partial charge is 0.242 e. The first kappa shape index (κ1) is 14.1. The predicted octanol–water partition coefficient (Wildman–Crippen LogP) is 2.14. The van der Waals surface area contributed by atoms with Gasteiger partial charge in [0, 0.05) is 19.5 Å². The molecule has 4 heteroatoms. The van der Waals surface area contributed by atoms with E-state index in [-0.39, 0.29) is 24.4 Å². The normalized spacial score (nSPS) is 21.0. The van der Waals surface area contributed by atoms with Crippen LogP contribution in [-0.4, -0.2) is 41.2 Å². The predicted molar refractivity (Wildman–Crippen MR) is 80.7 cm³/mol. The summed E-state index contributed by atoms with van der Waals surface area (Å²) in [4.78, 5) is 28.3. The Morgan fingerprint density at radius 2 is 2.14 bits per heavy atom. The molecule has 2 aliphatic heterocycles. The van der Waals surface area contributed by atoms with Gasteiger partial charge in [-0.05, 0) is 24.0 Å². The molecule has 0 aromatic heterocycles. The molecule has 1 aromatic rings. The summed E-state index contributed by atoms with van der Waals surface area (Å²) in [5.74, 6) is 0.207. The number of rotatable bonds is 3. The van der Waals surface area contributed by atoms with E-state index in [2.05, 4.69) is 19.1 Å². The van der Waals surface area contributed by atoms with Crippen molar-refractivity contribution in [2.45, 2.75) is 38.6 Å². The maximum atomic E-state index is 12.4. The molecule has 1 fully saturated rings. The summed E-state index contributed by atoms with van der Waals surface area (Å²) in [5.41, 5.74) is 2.53. The highest BCUT2D eigenvalue weighted by molar-refractivity contribution is 5.86. The Hall–Kier alpha value is -1.84. The molecule has 112 valence electrons. The second kappa shape index (κ2) is 5.88. The minimum Gasteiger partial charge on any atom is -0.332 e. The molecule has 1 aromatic carbocycles. The molecule has 3 rings (SSSR count). The lowest BCUT2D eigenvalue weighted by atomic mass is 9.90. The average molecular weight is 286 g/mol. The maximum Gasteiger partial charge on any atom is 0.242 e. The van der Waals surface area contributed by atoms with Crippen molar-refractivity contribution in [1.29, 1.82) is 0 Å². The van der Waals surface area contributed by atoms with Crippen LogP contribution in [0.3, 0.4) is 0 Å². The molecule has 0 N–H and O–H groups in total. The molecule has 0 bridgehead atoms. The van der Waals surface area contributed by atoms with E-state index in [0.29, 0.717) is 13.0 Å². The lowest BCUT2D eigenvalue weighted by Gasteiger charge is -2.44. The highest BCUT2D eigenvalue weighted by Gasteiger charge is 2.37. The number of unbranched alkanes of at least 4 members (excludes halogenated alkanes) is 1. The van der Waals surface area contributed by atoms with Crippen LogP contribution in [0.5, 0.6) is 0 Å². The summed E-state index contributed by atoms with van der Waals surface area (Å²) in [5, 5.41) is 0. The Morgan fingerprint density at radius 1 is 1.33 bits per heavy atom. The Bertz CT molecular complexity index is 555. The second-order valence-corrected chi connectivity index (χ2v) is 5.93. The number of hydrogen-bond donors (Lipinski definition) is 0. The van der Waals surface area contributed by atoms with Crippen molar-refractivity contribution in [2.24, 2.45) is 0 Å². The second-order valence-electron chi connectivity index (χ2n) is 5.93. The zero-order valence-corrected chi connectivity index (χ0v) is 12.5. The van der Waals surface area contributed by atoms with Crippen molar-refractivity contribution in [3.05, 3.63) is 35.4 Å². The van der Waals surface area contributed by atoms with Crippen molar-refractivity contribution in [3.8, 4) is 0 Å². The Kier molecular flexibility index (Phi) is 3.95. The molecule has 0 aliphatic carbocycles. The first-order chi connectivity index (χ1) is 10.2. The fraction of sp³-hybridized carbons (Fsp3) is 0.529. The van der Waals surface area contributed by atoms with Crippen LogP contribution >= 0.6 is 0 Å². The number of nitrogens with zero attached hydrogens (tertiary/aromatic N) is 2. The monoisotopic (exact) mass is 286 g/mol. The van der Waals surface area contributed by atoms with Gasteiger partial charge in [0.2, 0.25) is 11.8 Å². The summed E-state index contributed by atoms with van der Waals surface area (Å²) in [7, 11) is 0. The van der Waals surface area contributed by atoms with E-state index in [1.54, 1.807) is 4.90 Å². The van der Waals surface area contributed by atoms with Gasteiger partial charge in [-0.2, -0.15) is 0 Å². The van der Waals surface area contributed by atoms with E-state index >= 15 is 0 Å². The minimum atomic E-state index is 0.0433. The number of benzene rings is 1.